The maximum absolute atomic E-state index is 12.8. The quantitative estimate of drug-likeness (QED) is 0.0263. The molecule has 348 valence electrons. The second kappa shape index (κ2) is 49.2. The highest BCUT2D eigenvalue weighted by Gasteiger charge is 2.19. The maximum Gasteiger partial charge on any atom is 0.306 e. The molecule has 0 saturated carbocycles. The van der Waals surface area contributed by atoms with E-state index in [2.05, 4.69) is 87.6 Å². The van der Waals surface area contributed by atoms with Gasteiger partial charge in [-0.1, -0.05) is 234 Å². The van der Waals surface area contributed by atoms with Crippen LogP contribution in [0.15, 0.2) is 85.1 Å². The minimum atomic E-state index is -0.791. The Kier molecular flexibility index (Phi) is 46.5. The molecule has 0 fully saturated rings. The van der Waals surface area contributed by atoms with Crippen LogP contribution in [0.25, 0.3) is 0 Å². The Hall–Kier alpha value is -3.41. The second-order valence-corrected chi connectivity index (χ2v) is 16.5. The molecule has 0 aliphatic carbocycles. The average Bonchev–Trinajstić information content (AvgIpc) is 3.26. The van der Waals surface area contributed by atoms with Gasteiger partial charge in [0.25, 0.3) is 0 Å². The van der Waals surface area contributed by atoms with Crippen molar-refractivity contribution in [2.45, 2.75) is 232 Å². The van der Waals surface area contributed by atoms with Crippen molar-refractivity contribution in [3.8, 4) is 0 Å². The summed E-state index contributed by atoms with van der Waals surface area (Å²) in [5, 5.41) is 0. The van der Waals surface area contributed by atoms with E-state index in [4.69, 9.17) is 14.2 Å². The lowest BCUT2D eigenvalue weighted by Gasteiger charge is -2.18. The van der Waals surface area contributed by atoms with Crippen LogP contribution in [0.1, 0.15) is 226 Å². The Labute approximate surface area is 375 Å². The van der Waals surface area contributed by atoms with E-state index in [0.717, 1.165) is 96.3 Å². The number of hydrogen-bond acceptors (Lipinski definition) is 6. The van der Waals surface area contributed by atoms with Crippen molar-refractivity contribution >= 4 is 17.9 Å². The van der Waals surface area contributed by atoms with E-state index in [1.165, 1.54) is 89.9 Å². The van der Waals surface area contributed by atoms with Gasteiger partial charge < -0.3 is 14.2 Å². The first-order chi connectivity index (χ1) is 30.0. The molecule has 1 atom stereocenters. The zero-order valence-corrected chi connectivity index (χ0v) is 39.7. The molecule has 1 unspecified atom stereocenters. The van der Waals surface area contributed by atoms with E-state index in [-0.39, 0.29) is 31.1 Å². The predicted molar refractivity (Wildman–Crippen MR) is 261 cm³/mol. The van der Waals surface area contributed by atoms with Crippen molar-refractivity contribution in [1.29, 1.82) is 0 Å². The van der Waals surface area contributed by atoms with Gasteiger partial charge >= 0.3 is 17.9 Å². The molecular formula is C55H92O6. The fraction of sp³-hybridized carbons (Fsp3) is 0.691. The van der Waals surface area contributed by atoms with Gasteiger partial charge in [0.15, 0.2) is 6.10 Å². The number of unbranched alkanes of at least 4 members (excludes halogenated alkanes) is 24. The Morgan fingerprint density at radius 3 is 1.00 bits per heavy atom. The van der Waals surface area contributed by atoms with Gasteiger partial charge in [-0.15, -0.1) is 0 Å². The molecule has 0 radical (unpaired) electrons. The molecule has 0 aromatic carbocycles. The molecule has 0 amide bonds. The topological polar surface area (TPSA) is 78.9 Å². The van der Waals surface area contributed by atoms with Gasteiger partial charge in [0, 0.05) is 19.3 Å². The van der Waals surface area contributed by atoms with Crippen molar-refractivity contribution in [3.05, 3.63) is 85.1 Å². The summed E-state index contributed by atoms with van der Waals surface area (Å²) in [5.74, 6) is -0.925. The predicted octanol–water partition coefficient (Wildman–Crippen LogP) is 16.4. The average molecular weight is 849 g/mol. The van der Waals surface area contributed by atoms with E-state index < -0.39 is 6.10 Å². The molecule has 0 rings (SSSR count). The highest BCUT2D eigenvalue weighted by atomic mass is 16.6. The van der Waals surface area contributed by atoms with Gasteiger partial charge in [0.1, 0.15) is 13.2 Å². The summed E-state index contributed by atoms with van der Waals surface area (Å²) in [5.41, 5.74) is 0. The molecule has 6 heteroatoms. The van der Waals surface area contributed by atoms with E-state index in [1.54, 1.807) is 0 Å². The van der Waals surface area contributed by atoms with Crippen LogP contribution in [0.2, 0.25) is 0 Å². The van der Waals surface area contributed by atoms with Crippen LogP contribution in [-0.2, 0) is 28.6 Å². The lowest BCUT2D eigenvalue weighted by molar-refractivity contribution is -0.167. The monoisotopic (exact) mass is 849 g/mol. The Bertz CT molecular complexity index is 1200. The third-order valence-corrected chi connectivity index (χ3v) is 10.6. The van der Waals surface area contributed by atoms with Crippen LogP contribution >= 0.6 is 0 Å². The molecule has 0 aromatic rings. The molecule has 0 heterocycles. The third kappa shape index (κ3) is 47.5. The number of ether oxygens (including phenoxy) is 3. The molecular weight excluding hydrogens is 757 g/mol. The molecule has 61 heavy (non-hydrogen) atoms. The summed E-state index contributed by atoms with van der Waals surface area (Å²) < 4.78 is 16.8. The number of hydrogen-bond donors (Lipinski definition) is 0. The van der Waals surface area contributed by atoms with Gasteiger partial charge in [-0.05, 0) is 57.8 Å². The second-order valence-electron chi connectivity index (χ2n) is 16.5. The van der Waals surface area contributed by atoms with Gasteiger partial charge in [-0.2, -0.15) is 0 Å². The summed E-state index contributed by atoms with van der Waals surface area (Å²) in [7, 11) is 0. The van der Waals surface area contributed by atoms with Crippen LogP contribution in [0, 0.1) is 0 Å². The summed E-state index contributed by atoms with van der Waals surface area (Å²) in [6.07, 6.45) is 62.7. The SMILES string of the molecule is CC\C=C/C=C\C=C/C=C\CCCCCCCC(=O)OCC(COC(=O)CCCCCCCCCCCCCCC)OC(=O)CCCCCCCCC\C=C/C=C\C=C/CC. The highest BCUT2D eigenvalue weighted by Crippen LogP contribution is 2.15. The Balaban J connectivity index is 4.45. The normalized spacial score (nSPS) is 12.8. The van der Waals surface area contributed by atoms with Crippen molar-refractivity contribution in [1.82, 2.24) is 0 Å². The lowest BCUT2D eigenvalue weighted by atomic mass is 10.0. The first kappa shape index (κ1) is 57.6. The molecule has 0 saturated heterocycles. The minimum absolute atomic E-state index is 0.0884. The Morgan fingerprint density at radius 1 is 0.344 bits per heavy atom. The molecule has 0 aromatic heterocycles. The van der Waals surface area contributed by atoms with E-state index >= 15 is 0 Å². The zero-order valence-electron chi connectivity index (χ0n) is 39.7. The molecule has 0 aliphatic heterocycles. The number of allylic oxidation sites excluding steroid dienone is 14. The lowest BCUT2D eigenvalue weighted by Crippen LogP contribution is -2.30. The van der Waals surface area contributed by atoms with E-state index in [0.29, 0.717) is 19.3 Å². The fourth-order valence-corrected chi connectivity index (χ4v) is 6.81. The van der Waals surface area contributed by atoms with E-state index in [1.807, 2.05) is 18.2 Å². The van der Waals surface area contributed by atoms with Gasteiger partial charge in [0.05, 0.1) is 0 Å². The van der Waals surface area contributed by atoms with Crippen molar-refractivity contribution in [2.24, 2.45) is 0 Å². The number of carbonyl (C=O) groups is 3. The van der Waals surface area contributed by atoms with Crippen LogP contribution in [-0.4, -0.2) is 37.2 Å². The maximum atomic E-state index is 12.8. The van der Waals surface area contributed by atoms with E-state index in [9.17, 15) is 14.4 Å². The van der Waals surface area contributed by atoms with Crippen LogP contribution < -0.4 is 0 Å². The number of carbonyl (C=O) groups excluding carboxylic acids is 3. The van der Waals surface area contributed by atoms with Crippen molar-refractivity contribution in [2.75, 3.05) is 13.2 Å². The first-order valence-electron chi connectivity index (χ1n) is 25.2. The molecule has 0 bridgehead atoms. The number of rotatable bonds is 44. The van der Waals surface area contributed by atoms with Crippen LogP contribution in [0.5, 0.6) is 0 Å². The molecule has 6 nitrogen and oxygen atoms in total. The van der Waals surface area contributed by atoms with Crippen LogP contribution in [0.4, 0.5) is 0 Å². The summed E-state index contributed by atoms with van der Waals surface area (Å²) in [6, 6.07) is 0. The molecule has 0 spiro atoms. The fourth-order valence-electron chi connectivity index (χ4n) is 6.81. The third-order valence-electron chi connectivity index (χ3n) is 10.6. The standard InChI is InChI=1S/C55H92O6/c1-4-7-10-13-16-19-22-25-27-30-33-36-39-42-45-48-54(57)60-51-52(50-59-53(56)47-44-41-38-35-32-29-24-21-18-15-12-9-6-3)61-55(58)49-46-43-40-37-34-31-28-26-23-20-17-14-11-8-5-2/h7-8,10-11,13-14,16-17,19-20,22-23,25,27,52H,4-6,9,12,15,18,21,24,26,28-51H2,1-3H3/b10-7-,11-8-,16-13-,17-14-,22-19-,23-20-,27-25-. The van der Waals surface area contributed by atoms with Crippen molar-refractivity contribution in [3.63, 3.8) is 0 Å². The van der Waals surface area contributed by atoms with Gasteiger partial charge in [-0.3, -0.25) is 14.4 Å². The summed E-state index contributed by atoms with van der Waals surface area (Å²) in [6.45, 7) is 6.34. The highest BCUT2D eigenvalue weighted by molar-refractivity contribution is 5.71. The Morgan fingerprint density at radius 2 is 0.639 bits per heavy atom. The molecule has 0 aliphatic rings. The smallest absolute Gasteiger partial charge is 0.306 e. The minimum Gasteiger partial charge on any atom is -0.462 e. The molecule has 0 N–H and O–H groups in total. The van der Waals surface area contributed by atoms with Crippen molar-refractivity contribution < 1.29 is 28.6 Å². The first-order valence-corrected chi connectivity index (χ1v) is 25.2. The van der Waals surface area contributed by atoms with Gasteiger partial charge in [0.2, 0.25) is 0 Å². The summed E-state index contributed by atoms with van der Waals surface area (Å²) in [4.78, 5) is 37.9. The zero-order chi connectivity index (χ0) is 44.4. The number of esters is 3. The van der Waals surface area contributed by atoms with Crippen LogP contribution in [0.3, 0.4) is 0 Å². The largest absolute Gasteiger partial charge is 0.462 e. The van der Waals surface area contributed by atoms with Gasteiger partial charge in [-0.25, -0.2) is 0 Å². The summed E-state index contributed by atoms with van der Waals surface area (Å²) >= 11 is 0.